The van der Waals surface area contributed by atoms with Crippen LogP contribution in [-0.4, -0.2) is 66.7 Å². The first-order valence-electron chi connectivity index (χ1n) is 26.2. The second-order valence-corrected chi connectivity index (χ2v) is 26.1. The third kappa shape index (κ3) is 16.2. The molecule has 3 aromatic carbocycles. The second-order valence-electron chi connectivity index (χ2n) is 26.1. The molecule has 0 aliphatic carbocycles. The molecule has 0 aliphatic rings. The van der Waals surface area contributed by atoms with Crippen LogP contribution in [0.1, 0.15) is 194 Å². The highest BCUT2D eigenvalue weighted by Gasteiger charge is 2.30. The van der Waals surface area contributed by atoms with Gasteiger partial charge in [0.2, 0.25) is 0 Å². The number of aromatic nitrogens is 3. The molecule has 414 valence electrons. The van der Waals surface area contributed by atoms with Gasteiger partial charge in [-0.2, -0.15) is 0 Å². The van der Waals surface area contributed by atoms with Gasteiger partial charge < -0.3 is 29.5 Å². The standard InChI is InChI=1S/C60H87N3O12/c1-55(2,3)40-31-37(32-41(49(40)67)56(4,5)6)19-22-46(64)73-28-25-61-52(70)62(26-29-74-47(65)23-20-38-33-42(57(7,8)9)50(68)43(34-38)58(10,11)12)54(72)63(53(61)71)27-30-75-48(66)24-21-39-35-44(59(13,14)15)51(69)45(36-39)60(16,17)18/h31-36,67-69H,19-30H2,1-18H3. The number of nitrogens with zero attached hydrogens (tertiary/aromatic N) is 3. The lowest BCUT2D eigenvalue weighted by molar-refractivity contribution is -0.144. The second kappa shape index (κ2) is 23.4. The van der Waals surface area contributed by atoms with Gasteiger partial charge in [0.25, 0.3) is 0 Å². The number of carbonyl (C=O) groups excluding carboxylic acids is 3. The Morgan fingerprint density at radius 2 is 0.533 bits per heavy atom. The monoisotopic (exact) mass is 1040 g/mol. The number of aryl methyl sites for hydroxylation is 3. The van der Waals surface area contributed by atoms with Crippen molar-refractivity contribution in [3.63, 3.8) is 0 Å². The van der Waals surface area contributed by atoms with Crippen molar-refractivity contribution in [2.75, 3.05) is 19.8 Å². The van der Waals surface area contributed by atoms with Gasteiger partial charge in [0.05, 0.1) is 19.6 Å². The average molecular weight is 1040 g/mol. The van der Waals surface area contributed by atoms with Crippen molar-refractivity contribution in [1.82, 2.24) is 13.7 Å². The van der Waals surface area contributed by atoms with Crippen LogP contribution in [-0.2, 0) is 100.0 Å². The van der Waals surface area contributed by atoms with E-state index < -0.39 is 54.6 Å². The predicted molar refractivity (Wildman–Crippen MR) is 294 cm³/mol. The highest BCUT2D eigenvalue weighted by atomic mass is 16.5. The molecule has 15 nitrogen and oxygen atoms in total. The van der Waals surface area contributed by atoms with Gasteiger partial charge in [0, 0.05) is 19.3 Å². The Labute approximate surface area is 444 Å². The smallest absolute Gasteiger partial charge is 0.336 e. The molecular weight excluding hydrogens is 955 g/mol. The third-order valence-corrected chi connectivity index (χ3v) is 13.3. The van der Waals surface area contributed by atoms with Crippen molar-refractivity contribution in [1.29, 1.82) is 0 Å². The van der Waals surface area contributed by atoms with Gasteiger partial charge >= 0.3 is 35.0 Å². The number of phenolic OH excluding ortho intramolecular Hbond substituents is 3. The van der Waals surface area contributed by atoms with E-state index in [9.17, 15) is 44.1 Å². The number of hydrogen-bond acceptors (Lipinski definition) is 12. The SMILES string of the molecule is CC(C)(C)c1cc(CCC(=O)OCCn2c(=O)n(CCOC(=O)CCc3cc(C(C)(C)C)c(O)c(C(C)(C)C)c3)c(=O)n(CCOC(=O)CCc3cc(C(C)(C)C)c(O)c(C(C)(C)C)c3)c2=O)cc(C(C)(C)C)c1O. The topological polar surface area (TPSA) is 206 Å². The molecule has 4 rings (SSSR count). The number of rotatable bonds is 18. The Balaban J connectivity index is 1.54. The lowest BCUT2D eigenvalue weighted by atomic mass is 9.78. The molecule has 15 heteroatoms. The number of hydrogen-bond donors (Lipinski definition) is 3. The molecule has 0 atom stereocenters. The molecule has 0 bridgehead atoms. The number of esters is 3. The van der Waals surface area contributed by atoms with Crippen LogP contribution in [0.2, 0.25) is 0 Å². The summed E-state index contributed by atoms with van der Waals surface area (Å²) in [7, 11) is 0. The first kappa shape index (κ1) is 61.4. The third-order valence-electron chi connectivity index (χ3n) is 13.3. The van der Waals surface area contributed by atoms with Crippen LogP contribution in [0.15, 0.2) is 50.8 Å². The number of benzene rings is 3. The average Bonchev–Trinajstić information content (AvgIpc) is 3.26. The summed E-state index contributed by atoms with van der Waals surface area (Å²) in [6.45, 7) is 33.6. The quantitative estimate of drug-likeness (QED) is 0.0629. The van der Waals surface area contributed by atoms with E-state index >= 15 is 0 Å². The van der Waals surface area contributed by atoms with Gasteiger partial charge in [0.1, 0.15) is 37.1 Å². The Bertz CT molecular complexity index is 2460. The van der Waals surface area contributed by atoms with Gasteiger partial charge in [-0.15, -0.1) is 0 Å². The van der Waals surface area contributed by atoms with E-state index in [0.717, 1.165) is 63.8 Å². The van der Waals surface area contributed by atoms with Crippen LogP contribution in [0.5, 0.6) is 17.2 Å². The van der Waals surface area contributed by atoms with Gasteiger partial charge in [-0.1, -0.05) is 161 Å². The molecule has 0 spiro atoms. The van der Waals surface area contributed by atoms with E-state index in [4.69, 9.17) is 14.2 Å². The van der Waals surface area contributed by atoms with Crippen LogP contribution in [0.4, 0.5) is 0 Å². The molecule has 75 heavy (non-hydrogen) atoms. The molecular formula is C60H87N3O12. The Morgan fingerprint density at radius 1 is 0.360 bits per heavy atom. The largest absolute Gasteiger partial charge is 0.507 e. The molecule has 0 radical (unpaired) electrons. The van der Waals surface area contributed by atoms with Gasteiger partial charge in [0.15, 0.2) is 0 Å². The Kier molecular flexibility index (Phi) is 19.2. The molecule has 1 heterocycles. The van der Waals surface area contributed by atoms with Crippen LogP contribution < -0.4 is 17.1 Å². The van der Waals surface area contributed by atoms with Crippen LogP contribution in [0, 0.1) is 0 Å². The maximum Gasteiger partial charge on any atom is 0.336 e. The Hall–Kier alpha value is -6.12. The number of aromatic hydroxyl groups is 3. The molecule has 0 saturated carbocycles. The number of ether oxygens (including phenoxy) is 3. The fourth-order valence-electron chi connectivity index (χ4n) is 8.91. The molecule has 0 saturated heterocycles. The Morgan fingerprint density at radius 3 is 0.693 bits per heavy atom. The minimum atomic E-state index is -1.01. The molecule has 4 aromatic rings. The molecule has 3 N–H and O–H groups in total. The summed E-state index contributed by atoms with van der Waals surface area (Å²) in [5.41, 5.74) is 1.79. The lowest BCUT2D eigenvalue weighted by Gasteiger charge is -2.28. The maximum absolute atomic E-state index is 13.9. The number of phenols is 3. The first-order chi connectivity index (χ1) is 34.2. The van der Waals surface area contributed by atoms with Crippen LogP contribution >= 0.6 is 0 Å². The first-order valence-corrected chi connectivity index (χ1v) is 26.2. The maximum atomic E-state index is 13.9. The summed E-state index contributed by atoms with van der Waals surface area (Å²) >= 11 is 0. The molecule has 1 aromatic heterocycles. The summed E-state index contributed by atoms with van der Waals surface area (Å²) in [4.78, 5) is 81.2. The number of carbonyl (C=O) groups is 3. The van der Waals surface area contributed by atoms with Crippen molar-refractivity contribution in [3.05, 3.63) is 118 Å². The normalized spacial score (nSPS) is 12.7. The fourth-order valence-corrected chi connectivity index (χ4v) is 8.91. The van der Waals surface area contributed by atoms with E-state index in [0.29, 0.717) is 19.3 Å². The lowest BCUT2D eigenvalue weighted by Crippen LogP contribution is -2.55. The summed E-state index contributed by atoms with van der Waals surface area (Å²) in [6, 6.07) is 11.3. The minimum Gasteiger partial charge on any atom is -0.507 e. The van der Waals surface area contributed by atoms with Crippen molar-refractivity contribution >= 4 is 17.9 Å². The van der Waals surface area contributed by atoms with Crippen LogP contribution in [0.3, 0.4) is 0 Å². The van der Waals surface area contributed by atoms with E-state index in [2.05, 4.69) is 0 Å². The van der Waals surface area contributed by atoms with Crippen molar-refractivity contribution in [2.45, 2.75) is 215 Å². The van der Waals surface area contributed by atoms with E-state index in [1.165, 1.54) is 0 Å². The van der Waals surface area contributed by atoms with Gasteiger partial charge in [-0.05, 0) is 102 Å². The van der Waals surface area contributed by atoms with E-state index in [1.54, 1.807) is 0 Å². The highest BCUT2D eigenvalue weighted by molar-refractivity contribution is 5.71. The van der Waals surface area contributed by atoms with E-state index in [-0.39, 0.29) is 88.8 Å². The summed E-state index contributed by atoms with van der Waals surface area (Å²) in [5, 5.41) is 33.5. The molecule has 0 fully saturated rings. The van der Waals surface area contributed by atoms with Crippen molar-refractivity contribution in [3.8, 4) is 17.2 Å². The summed E-state index contributed by atoms with van der Waals surface area (Å²) in [5.74, 6) is -1.11. The van der Waals surface area contributed by atoms with Gasteiger partial charge in [-0.3, -0.25) is 14.4 Å². The molecule has 0 aliphatic heterocycles. The molecule has 0 unspecified atom stereocenters. The van der Waals surface area contributed by atoms with Crippen LogP contribution in [0.25, 0.3) is 0 Å². The van der Waals surface area contributed by atoms with E-state index in [1.807, 2.05) is 161 Å². The predicted octanol–water partition coefficient (Wildman–Crippen LogP) is 9.60. The summed E-state index contributed by atoms with van der Waals surface area (Å²) in [6.07, 6.45) is 0.815. The van der Waals surface area contributed by atoms with Gasteiger partial charge in [-0.25, -0.2) is 28.1 Å². The molecule has 0 amide bonds. The minimum absolute atomic E-state index is 0.0300. The zero-order valence-corrected chi connectivity index (χ0v) is 48.3. The fraction of sp³-hybridized carbons (Fsp3) is 0.600. The van der Waals surface area contributed by atoms with Crippen molar-refractivity contribution < 1.29 is 43.9 Å². The zero-order valence-electron chi connectivity index (χ0n) is 48.3. The zero-order chi connectivity index (χ0) is 57.0. The highest BCUT2D eigenvalue weighted by Crippen LogP contribution is 2.43. The summed E-state index contributed by atoms with van der Waals surface area (Å²) < 4.78 is 18.9. The van der Waals surface area contributed by atoms with Crippen molar-refractivity contribution in [2.24, 2.45) is 0 Å².